The molecule has 0 fully saturated rings. The highest BCUT2D eigenvalue weighted by atomic mass is 32.1. The molecule has 118 valence electrons. The molecule has 0 bridgehead atoms. The fraction of sp³-hybridized carbons (Fsp3) is 0.0556. The summed E-state index contributed by atoms with van der Waals surface area (Å²) in [4.78, 5) is 19.0. The molecule has 0 saturated carbocycles. The molecule has 0 atom stereocenters. The number of rotatable bonds is 3. The van der Waals surface area contributed by atoms with Gasteiger partial charge >= 0.3 is 6.03 Å². The lowest BCUT2D eigenvalue weighted by atomic mass is 10.2. The van der Waals surface area contributed by atoms with Crippen molar-refractivity contribution in [3.05, 3.63) is 77.2 Å². The summed E-state index contributed by atoms with van der Waals surface area (Å²) in [5.74, 6) is 0. The van der Waals surface area contributed by atoms with Gasteiger partial charge in [0.15, 0.2) is 0 Å². The molecule has 1 aromatic carbocycles. The predicted octanol–water partition coefficient (Wildman–Crippen LogP) is 3.99. The average molecular weight is 334 g/mol. The minimum absolute atomic E-state index is 0.167. The van der Waals surface area contributed by atoms with Gasteiger partial charge in [0.1, 0.15) is 5.71 Å². The third-order valence-corrected chi connectivity index (χ3v) is 4.39. The number of urea groups is 1. The van der Waals surface area contributed by atoms with Gasteiger partial charge in [-0.05, 0) is 35.7 Å². The summed E-state index contributed by atoms with van der Waals surface area (Å²) in [6.07, 6.45) is 1.73. The Balaban J connectivity index is 1.80. The van der Waals surface area contributed by atoms with Crippen molar-refractivity contribution in [2.24, 2.45) is 5.10 Å². The molecule has 0 unspecified atom stereocenters. The molecule has 2 aromatic heterocycles. The number of nitrogens with zero attached hydrogens (tertiary/aromatic N) is 4. The van der Waals surface area contributed by atoms with Crippen LogP contribution in [0.3, 0.4) is 0 Å². The minimum Gasteiger partial charge on any atom is -0.286 e. The van der Waals surface area contributed by atoms with E-state index in [1.165, 1.54) is 5.01 Å². The van der Waals surface area contributed by atoms with Crippen molar-refractivity contribution in [2.45, 2.75) is 0 Å². The highest BCUT2D eigenvalue weighted by Crippen LogP contribution is 2.26. The van der Waals surface area contributed by atoms with Gasteiger partial charge in [-0.25, -0.2) is 4.79 Å². The SMILES string of the molecule is O=C1N(c2ccsc2)CC(c2ccccn2)=NN1c1ccccc1. The van der Waals surface area contributed by atoms with Crippen molar-refractivity contribution in [2.75, 3.05) is 16.5 Å². The third-order valence-electron chi connectivity index (χ3n) is 3.72. The van der Waals surface area contributed by atoms with Crippen LogP contribution in [0.2, 0.25) is 0 Å². The van der Waals surface area contributed by atoms with E-state index in [9.17, 15) is 4.79 Å². The van der Waals surface area contributed by atoms with E-state index < -0.39 is 0 Å². The Labute approximate surface area is 143 Å². The van der Waals surface area contributed by atoms with E-state index in [2.05, 4.69) is 10.1 Å². The Morgan fingerprint density at radius 3 is 2.50 bits per heavy atom. The molecule has 1 aliphatic heterocycles. The number of pyridine rings is 1. The molecule has 6 heteroatoms. The number of anilines is 2. The number of benzene rings is 1. The fourth-order valence-corrected chi connectivity index (χ4v) is 3.18. The topological polar surface area (TPSA) is 48.8 Å². The standard InChI is InChI=1S/C18H14N4OS/c23-18-21(15-9-11-24-13-15)12-17(16-8-4-5-10-19-16)20-22(18)14-6-2-1-3-7-14/h1-11,13H,12H2. The van der Waals surface area contributed by atoms with Crippen molar-refractivity contribution in [3.8, 4) is 0 Å². The average Bonchev–Trinajstić information content (AvgIpc) is 3.18. The number of para-hydroxylation sites is 1. The summed E-state index contributed by atoms with van der Waals surface area (Å²) in [5.41, 5.74) is 3.13. The molecule has 1 aliphatic rings. The lowest BCUT2D eigenvalue weighted by molar-refractivity contribution is 0.251. The molecule has 0 aliphatic carbocycles. The van der Waals surface area contributed by atoms with Crippen molar-refractivity contribution in [1.82, 2.24) is 4.98 Å². The zero-order valence-electron chi connectivity index (χ0n) is 12.7. The number of hydrazone groups is 1. The van der Waals surface area contributed by atoms with Crippen molar-refractivity contribution in [3.63, 3.8) is 0 Å². The third kappa shape index (κ3) is 2.68. The first kappa shape index (κ1) is 14.6. The molecule has 3 heterocycles. The fourth-order valence-electron chi connectivity index (χ4n) is 2.54. The number of thiophene rings is 1. The summed E-state index contributed by atoms with van der Waals surface area (Å²) in [6.45, 7) is 0.399. The van der Waals surface area contributed by atoms with Crippen LogP contribution in [0.15, 0.2) is 76.7 Å². The zero-order chi connectivity index (χ0) is 16.4. The first-order chi connectivity index (χ1) is 11.8. The van der Waals surface area contributed by atoms with Gasteiger partial charge in [-0.2, -0.15) is 21.4 Å². The molecule has 5 nitrogen and oxygen atoms in total. The van der Waals surface area contributed by atoms with Crippen molar-refractivity contribution >= 4 is 34.5 Å². The van der Waals surface area contributed by atoms with Gasteiger partial charge in [0.2, 0.25) is 0 Å². The summed E-state index contributed by atoms with van der Waals surface area (Å²) in [7, 11) is 0. The molecule has 3 aromatic rings. The van der Waals surface area contributed by atoms with Crippen LogP contribution in [0.5, 0.6) is 0 Å². The smallest absolute Gasteiger partial charge is 0.286 e. The van der Waals surface area contributed by atoms with Gasteiger partial charge in [0, 0.05) is 11.6 Å². The molecular weight excluding hydrogens is 320 g/mol. The second kappa shape index (κ2) is 6.25. The van der Waals surface area contributed by atoms with Gasteiger partial charge in [0.05, 0.1) is 23.6 Å². The maximum atomic E-state index is 12.9. The molecule has 2 amide bonds. The Hall–Kier alpha value is -2.99. The minimum atomic E-state index is -0.167. The second-order valence-corrected chi connectivity index (χ2v) is 6.04. The van der Waals surface area contributed by atoms with Crippen LogP contribution in [0.25, 0.3) is 0 Å². The van der Waals surface area contributed by atoms with Crippen LogP contribution in [0.4, 0.5) is 16.2 Å². The molecular formula is C18H14N4OS. The van der Waals surface area contributed by atoms with E-state index >= 15 is 0 Å². The largest absolute Gasteiger partial charge is 0.350 e. The quantitative estimate of drug-likeness (QED) is 0.727. The van der Waals surface area contributed by atoms with Gasteiger partial charge in [-0.1, -0.05) is 24.3 Å². The number of carbonyl (C=O) groups excluding carboxylic acids is 1. The van der Waals surface area contributed by atoms with E-state index in [1.807, 2.05) is 65.4 Å². The number of hydrogen-bond donors (Lipinski definition) is 0. The van der Waals surface area contributed by atoms with E-state index in [4.69, 9.17) is 0 Å². The highest BCUT2D eigenvalue weighted by Gasteiger charge is 2.31. The lowest BCUT2D eigenvalue weighted by Crippen LogP contribution is -2.48. The molecule has 24 heavy (non-hydrogen) atoms. The summed E-state index contributed by atoms with van der Waals surface area (Å²) >= 11 is 1.56. The van der Waals surface area contributed by atoms with Gasteiger partial charge in [-0.3, -0.25) is 9.88 Å². The molecule has 4 rings (SSSR count). The van der Waals surface area contributed by atoms with Gasteiger partial charge in [0.25, 0.3) is 0 Å². The Kier molecular flexibility index (Phi) is 3.80. The summed E-state index contributed by atoms with van der Waals surface area (Å²) in [6, 6.07) is 16.9. The maximum Gasteiger partial charge on any atom is 0.350 e. The Morgan fingerprint density at radius 2 is 1.79 bits per heavy atom. The zero-order valence-corrected chi connectivity index (χ0v) is 13.6. The summed E-state index contributed by atoms with van der Waals surface area (Å²) < 4.78 is 0. The number of carbonyl (C=O) groups is 1. The van der Waals surface area contributed by atoms with Crippen LogP contribution in [0.1, 0.15) is 5.69 Å². The highest BCUT2D eigenvalue weighted by molar-refractivity contribution is 7.08. The Bertz CT molecular complexity index is 863. The van der Waals surface area contributed by atoms with Crippen LogP contribution < -0.4 is 9.91 Å². The Morgan fingerprint density at radius 1 is 0.958 bits per heavy atom. The van der Waals surface area contributed by atoms with Crippen molar-refractivity contribution < 1.29 is 4.79 Å². The van der Waals surface area contributed by atoms with Crippen LogP contribution in [-0.4, -0.2) is 23.3 Å². The number of hydrogen-bond acceptors (Lipinski definition) is 4. The normalized spacial score (nSPS) is 14.7. The maximum absolute atomic E-state index is 12.9. The van der Waals surface area contributed by atoms with Gasteiger partial charge < -0.3 is 0 Å². The lowest BCUT2D eigenvalue weighted by Gasteiger charge is -2.32. The second-order valence-electron chi connectivity index (χ2n) is 5.26. The predicted molar refractivity (Wildman–Crippen MR) is 96.8 cm³/mol. The monoisotopic (exact) mass is 334 g/mol. The van der Waals surface area contributed by atoms with E-state index in [1.54, 1.807) is 22.4 Å². The molecule has 0 N–H and O–H groups in total. The first-order valence-electron chi connectivity index (χ1n) is 7.51. The van der Waals surface area contributed by atoms with Crippen molar-refractivity contribution in [1.29, 1.82) is 0 Å². The molecule has 0 spiro atoms. The van der Waals surface area contributed by atoms with Crippen LogP contribution >= 0.6 is 11.3 Å². The van der Waals surface area contributed by atoms with E-state index in [-0.39, 0.29) is 6.03 Å². The van der Waals surface area contributed by atoms with Crippen LogP contribution in [-0.2, 0) is 0 Å². The first-order valence-corrected chi connectivity index (χ1v) is 8.45. The van der Waals surface area contributed by atoms with Crippen LogP contribution in [0, 0.1) is 0 Å². The number of aromatic nitrogens is 1. The van der Waals surface area contributed by atoms with E-state index in [0.29, 0.717) is 6.54 Å². The molecule has 0 saturated heterocycles. The summed E-state index contributed by atoms with van der Waals surface area (Å²) in [5, 5.41) is 9.92. The number of amides is 2. The van der Waals surface area contributed by atoms with E-state index in [0.717, 1.165) is 22.8 Å². The van der Waals surface area contributed by atoms with Gasteiger partial charge in [-0.15, -0.1) is 0 Å². The molecule has 0 radical (unpaired) electrons.